The Bertz CT molecular complexity index is 1260. The second-order valence-electron chi connectivity index (χ2n) is 11.7. The van der Waals surface area contributed by atoms with E-state index in [9.17, 15) is 36.2 Å². The highest BCUT2D eigenvalue weighted by Gasteiger charge is 2.44. The zero-order valence-electron chi connectivity index (χ0n) is 22.4. The van der Waals surface area contributed by atoms with Crippen LogP contribution in [0.25, 0.3) is 0 Å². The van der Waals surface area contributed by atoms with Crippen molar-refractivity contribution >= 4 is 5.97 Å². The van der Waals surface area contributed by atoms with Gasteiger partial charge in [-0.1, -0.05) is 19.1 Å². The van der Waals surface area contributed by atoms with Gasteiger partial charge in [0.2, 0.25) is 0 Å². The van der Waals surface area contributed by atoms with Gasteiger partial charge in [0, 0.05) is 19.1 Å². The average Bonchev–Trinajstić information content (AvgIpc) is 3.72. The van der Waals surface area contributed by atoms with Crippen molar-refractivity contribution in [1.82, 2.24) is 4.90 Å². The van der Waals surface area contributed by atoms with Crippen molar-refractivity contribution in [1.29, 1.82) is 0 Å². The number of piperidine rings is 1. The van der Waals surface area contributed by atoms with Gasteiger partial charge in [0.25, 0.3) is 0 Å². The number of aliphatic carboxylic acids is 1. The monoisotopic (exact) mass is 569 g/mol. The molecule has 0 amide bonds. The van der Waals surface area contributed by atoms with E-state index in [-0.39, 0.29) is 11.5 Å². The number of likely N-dealkylation sites (tertiary alicyclic amines) is 1. The lowest BCUT2D eigenvalue weighted by Gasteiger charge is -2.46. The van der Waals surface area contributed by atoms with Gasteiger partial charge in [0.15, 0.2) is 0 Å². The molecule has 1 saturated carbocycles. The van der Waals surface area contributed by atoms with Crippen molar-refractivity contribution < 1.29 is 41.0 Å². The first-order valence-electron chi connectivity index (χ1n) is 13.8. The number of nitrogens with zero attached hydrogens (tertiary/aromatic N) is 1. The molecule has 218 valence electrons. The minimum absolute atomic E-state index is 0.0951. The highest BCUT2D eigenvalue weighted by Crippen LogP contribution is 2.49. The number of ether oxygens (including phenoxy) is 1. The summed E-state index contributed by atoms with van der Waals surface area (Å²) in [5, 5.41) is 9.64. The van der Waals surface area contributed by atoms with Crippen LogP contribution in [0.2, 0.25) is 0 Å². The molecule has 1 spiro atoms. The zero-order chi connectivity index (χ0) is 29.0. The topological polar surface area (TPSA) is 49.8 Å². The number of hydrogen-bond donors (Lipinski definition) is 1. The molecule has 40 heavy (non-hydrogen) atoms. The fourth-order valence-electron chi connectivity index (χ4n) is 6.52. The third-order valence-electron chi connectivity index (χ3n) is 9.10. The van der Waals surface area contributed by atoms with Crippen LogP contribution < -0.4 is 4.74 Å². The molecule has 1 unspecified atom stereocenters. The minimum atomic E-state index is -4.77. The van der Waals surface area contributed by atoms with Gasteiger partial charge in [-0.25, -0.2) is 0 Å². The van der Waals surface area contributed by atoms with E-state index in [0.717, 1.165) is 42.6 Å². The molecule has 0 bridgehead atoms. The molecule has 10 heteroatoms. The predicted molar refractivity (Wildman–Crippen MR) is 136 cm³/mol. The van der Waals surface area contributed by atoms with Gasteiger partial charge in [-0.15, -0.1) is 0 Å². The van der Waals surface area contributed by atoms with E-state index in [1.165, 1.54) is 6.92 Å². The average molecular weight is 570 g/mol. The van der Waals surface area contributed by atoms with Crippen molar-refractivity contribution in [3.8, 4) is 5.75 Å². The molecule has 2 aliphatic heterocycles. The fraction of sp³-hybridized carbons (Fsp3) is 0.567. The third-order valence-corrected chi connectivity index (χ3v) is 9.10. The molecule has 1 saturated heterocycles. The summed E-state index contributed by atoms with van der Waals surface area (Å²) in [7, 11) is 0. The summed E-state index contributed by atoms with van der Waals surface area (Å²) in [6, 6.07) is 6.74. The van der Waals surface area contributed by atoms with E-state index in [1.807, 2.05) is 18.2 Å². The van der Waals surface area contributed by atoms with Crippen molar-refractivity contribution in [3.63, 3.8) is 0 Å². The van der Waals surface area contributed by atoms with Gasteiger partial charge < -0.3 is 9.84 Å². The lowest BCUT2D eigenvalue weighted by molar-refractivity contribution is -0.142. The molecule has 1 aliphatic carbocycles. The summed E-state index contributed by atoms with van der Waals surface area (Å²) < 4.78 is 87.7. The first-order chi connectivity index (χ1) is 18.7. The molecule has 3 aliphatic rings. The van der Waals surface area contributed by atoms with E-state index >= 15 is 0 Å². The van der Waals surface area contributed by atoms with E-state index < -0.39 is 47.0 Å². The maximum absolute atomic E-state index is 13.7. The quantitative estimate of drug-likeness (QED) is 0.360. The first-order valence-corrected chi connectivity index (χ1v) is 13.8. The number of halogens is 6. The Morgan fingerprint density at radius 2 is 1.65 bits per heavy atom. The van der Waals surface area contributed by atoms with Crippen LogP contribution in [0.1, 0.15) is 85.7 Å². The van der Waals surface area contributed by atoms with Crippen molar-refractivity contribution in [2.24, 2.45) is 11.8 Å². The Morgan fingerprint density at radius 3 is 2.23 bits per heavy atom. The predicted octanol–water partition coefficient (Wildman–Crippen LogP) is 7.86. The molecule has 0 aromatic heterocycles. The largest absolute Gasteiger partial charge is 0.487 e. The van der Waals surface area contributed by atoms with Crippen molar-refractivity contribution in [2.75, 3.05) is 13.1 Å². The van der Waals surface area contributed by atoms with E-state index in [0.29, 0.717) is 50.0 Å². The lowest BCUT2D eigenvalue weighted by Crippen LogP contribution is -2.50. The molecule has 4 nitrogen and oxygen atoms in total. The van der Waals surface area contributed by atoms with Gasteiger partial charge in [-0.2, -0.15) is 26.3 Å². The van der Waals surface area contributed by atoms with Gasteiger partial charge in [0.1, 0.15) is 11.4 Å². The summed E-state index contributed by atoms with van der Waals surface area (Å²) in [5.41, 5.74) is -1.05. The zero-order valence-corrected chi connectivity index (χ0v) is 22.4. The van der Waals surface area contributed by atoms with E-state index in [1.54, 1.807) is 11.8 Å². The molecule has 5 rings (SSSR count). The Balaban J connectivity index is 1.33. The van der Waals surface area contributed by atoms with Crippen LogP contribution in [0, 0.1) is 11.8 Å². The minimum Gasteiger partial charge on any atom is -0.487 e. The smallest absolute Gasteiger partial charge is 0.416 e. The maximum Gasteiger partial charge on any atom is 0.416 e. The molecule has 0 radical (unpaired) electrons. The van der Waals surface area contributed by atoms with Crippen LogP contribution in [0.3, 0.4) is 0 Å². The second-order valence-corrected chi connectivity index (χ2v) is 11.7. The molecule has 1 N–H and O–H groups in total. The number of carbonyl (C=O) groups is 1. The third kappa shape index (κ3) is 5.69. The first kappa shape index (κ1) is 28.8. The molecule has 2 aromatic carbocycles. The second kappa shape index (κ2) is 10.3. The number of carboxylic acids is 1. The molecule has 2 aromatic rings. The molecule has 2 fully saturated rings. The number of carboxylic acid groups (broad SMARTS) is 1. The number of alkyl halides is 6. The summed E-state index contributed by atoms with van der Waals surface area (Å²) in [6.07, 6.45) is -4.96. The van der Waals surface area contributed by atoms with Crippen LogP contribution in [-0.4, -0.2) is 34.7 Å². The standard InChI is InChI=1S/C30H33F6NO3/c1-17(27(38)39)26(20-4-5-20)21-6-3-19-9-10-28(40-25(19)15-21)11-13-37(14-12-28)18(2)23-16-22(29(31,32)33)7-8-24(23)30(34,35)36/h3,6-8,15-18,20,26H,4-5,9-14H2,1-2H3,(H,38,39)/t17-,18+,26?/m0/s1. The summed E-state index contributed by atoms with van der Waals surface area (Å²) in [4.78, 5) is 13.5. The van der Waals surface area contributed by atoms with Crippen LogP contribution in [-0.2, 0) is 23.6 Å². The number of benzene rings is 2. The van der Waals surface area contributed by atoms with Gasteiger partial charge in [0.05, 0.1) is 17.0 Å². The van der Waals surface area contributed by atoms with Crippen LogP contribution in [0.15, 0.2) is 36.4 Å². The van der Waals surface area contributed by atoms with Crippen LogP contribution >= 0.6 is 0 Å². The Kier molecular flexibility index (Phi) is 7.38. The van der Waals surface area contributed by atoms with Crippen molar-refractivity contribution in [3.05, 3.63) is 64.2 Å². The van der Waals surface area contributed by atoms with E-state index in [2.05, 4.69) is 0 Å². The van der Waals surface area contributed by atoms with Crippen LogP contribution in [0.5, 0.6) is 5.75 Å². The van der Waals surface area contributed by atoms with Gasteiger partial charge >= 0.3 is 18.3 Å². The van der Waals surface area contributed by atoms with E-state index in [4.69, 9.17) is 4.74 Å². The fourth-order valence-corrected chi connectivity index (χ4v) is 6.52. The molecule has 2 heterocycles. The summed E-state index contributed by atoms with van der Waals surface area (Å²) in [5.74, 6) is -0.384. The lowest BCUT2D eigenvalue weighted by atomic mass is 9.80. The number of hydrogen-bond acceptors (Lipinski definition) is 3. The Labute approximate surface area is 229 Å². The highest BCUT2D eigenvalue weighted by molar-refractivity contribution is 5.71. The molecule has 3 atom stereocenters. The Morgan fingerprint density at radius 1 is 0.975 bits per heavy atom. The van der Waals surface area contributed by atoms with Crippen molar-refractivity contribution in [2.45, 2.75) is 82.3 Å². The summed E-state index contributed by atoms with van der Waals surface area (Å²) >= 11 is 0. The number of fused-ring (bicyclic) bond motifs is 1. The molecular weight excluding hydrogens is 536 g/mol. The van der Waals surface area contributed by atoms with Gasteiger partial charge in [-0.3, -0.25) is 9.69 Å². The number of rotatable bonds is 6. The maximum atomic E-state index is 13.7. The summed E-state index contributed by atoms with van der Waals surface area (Å²) in [6.45, 7) is 4.02. The SMILES string of the molecule is C[C@H](C(=O)O)C(c1ccc2c(c1)OC1(CC2)CCN([C@H](C)c2cc(C(F)(F)F)ccc2C(F)(F)F)CC1)C1CC1. The molecular formula is C30H33F6NO3. The van der Waals surface area contributed by atoms with Crippen LogP contribution in [0.4, 0.5) is 26.3 Å². The van der Waals surface area contributed by atoms with Gasteiger partial charge in [-0.05, 0) is 98.2 Å². The highest BCUT2D eigenvalue weighted by atomic mass is 19.4. The number of aryl methyl sites for hydroxylation is 1. The normalized spacial score (nSPS) is 21.8. The Hall–Kier alpha value is -2.75.